The van der Waals surface area contributed by atoms with E-state index in [1.807, 2.05) is 0 Å². The highest BCUT2D eigenvalue weighted by Gasteiger charge is 2.28. The van der Waals surface area contributed by atoms with E-state index >= 15 is 0 Å². The maximum absolute atomic E-state index is 10.9. The molecule has 0 aromatic carbocycles. The topological polar surface area (TPSA) is 51.0 Å². The monoisotopic (exact) mass is 222 g/mol. The van der Waals surface area contributed by atoms with Gasteiger partial charge in [0, 0.05) is 13.1 Å². The van der Waals surface area contributed by atoms with Crippen molar-refractivity contribution in [2.75, 3.05) is 18.0 Å². The molecule has 0 radical (unpaired) electrons. The first-order valence-electron chi connectivity index (χ1n) is 5.96. The van der Waals surface area contributed by atoms with Crippen LogP contribution < -0.4 is 4.90 Å². The molecule has 0 spiro atoms. The maximum atomic E-state index is 10.9. The van der Waals surface area contributed by atoms with Gasteiger partial charge in [0.05, 0.1) is 6.04 Å². The average Bonchev–Trinajstić information content (AvgIpc) is 3.06. The van der Waals surface area contributed by atoms with Crippen molar-refractivity contribution in [3.63, 3.8) is 0 Å². The largest absolute Gasteiger partial charge is 0.340 e. The van der Waals surface area contributed by atoms with E-state index in [4.69, 9.17) is 0 Å². The van der Waals surface area contributed by atoms with E-state index in [1.54, 1.807) is 4.68 Å². The standard InChI is InChI=1S/C11H18N4O/c1-3-7-14(4-2)11-12-10(8-16)15(13-11)9-5-6-9/h8-9H,3-7H2,1-2H3. The summed E-state index contributed by atoms with van der Waals surface area (Å²) in [6.07, 6.45) is 4.09. The first-order valence-corrected chi connectivity index (χ1v) is 5.96. The molecule has 1 heterocycles. The lowest BCUT2D eigenvalue weighted by Crippen LogP contribution is -2.24. The van der Waals surface area contributed by atoms with E-state index in [-0.39, 0.29) is 0 Å². The van der Waals surface area contributed by atoms with Crippen LogP contribution in [0.5, 0.6) is 0 Å². The Balaban J connectivity index is 2.23. The van der Waals surface area contributed by atoms with Crippen molar-refractivity contribution < 1.29 is 4.79 Å². The molecule has 1 saturated carbocycles. The molecule has 1 fully saturated rings. The van der Waals surface area contributed by atoms with Crippen LogP contribution in [-0.4, -0.2) is 34.1 Å². The molecule has 0 amide bonds. The van der Waals surface area contributed by atoms with E-state index in [2.05, 4.69) is 28.8 Å². The molecule has 1 aromatic rings. The second-order valence-electron chi connectivity index (χ2n) is 4.14. The number of carbonyl (C=O) groups excluding carboxylic acids is 1. The smallest absolute Gasteiger partial charge is 0.245 e. The van der Waals surface area contributed by atoms with Crippen molar-refractivity contribution >= 4 is 12.2 Å². The molecule has 5 nitrogen and oxygen atoms in total. The fourth-order valence-electron chi connectivity index (χ4n) is 1.80. The Kier molecular flexibility index (Phi) is 3.22. The third kappa shape index (κ3) is 2.08. The molecular formula is C11H18N4O. The summed E-state index contributed by atoms with van der Waals surface area (Å²) in [5.41, 5.74) is 0. The van der Waals surface area contributed by atoms with Gasteiger partial charge in [0.25, 0.3) is 0 Å². The van der Waals surface area contributed by atoms with Gasteiger partial charge in [-0.05, 0) is 26.2 Å². The number of aldehydes is 1. The van der Waals surface area contributed by atoms with Gasteiger partial charge in [-0.15, -0.1) is 5.10 Å². The molecule has 0 saturated heterocycles. The molecule has 0 N–H and O–H groups in total. The van der Waals surface area contributed by atoms with Gasteiger partial charge in [0.15, 0.2) is 12.1 Å². The van der Waals surface area contributed by atoms with Crippen molar-refractivity contribution in [3.05, 3.63) is 5.82 Å². The van der Waals surface area contributed by atoms with Crippen molar-refractivity contribution in [1.29, 1.82) is 0 Å². The molecule has 16 heavy (non-hydrogen) atoms. The van der Waals surface area contributed by atoms with Gasteiger partial charge in [-0.25, -0.2) is 4.68 Å². The Morgan fingerprint density at radius 3 is 2.75 bits per heavy atom. The zero-order valence-corrected chi connectivity index (χ0v) is 9.89. The Bertz CT molecular complexity index is 370. The Morgan fingerprint density at radius 2 is 2.25 bits per heavy atom. The van der Waals surface area contributed by atoms with Crippen LogP contribution in [0.2, 0.25) is 0 Å². The van der Waals surface area contributed by atoms with E-state index in [0.717, 1.165) is 38.6 Å². The van der Waals surface area contributed by atoms with Gasteiger partial charge >= 0.3 is 0 Å². The molecule has 0 atom stereocenters. The van der Waals surface area contributed by atoms with E-state index in [9.17, 15) is 4.79 Å². The van der Waals surface area contributed by atoms with Crippen LogP contribution >= 0.6 is 0 Å². The first-order chi connectivity index (χ1) is 7.80. The second-order valence-corrected chi connectivity index (χ2v) is 4.14. The van der Waals surface area contributed by atoms with Gasteiger partial charge in [-0.3, -0.25) is 4.79 Å². The molecule has 5 heteroatoms. The minimum absolute atomic E-state index is 0.404. The van der Waals surface area contributed by atoms with Gasteiger partial charge in [0.2, 0.25) is 5.95 Å². The lowest BCUT2D eigenvalue weighted by atomic mass is 10.4. The van der Waals surface area contributed by atoms with Crippen molar-refractivity contribution in [2.45, 2.75) is 39.2 Å². The van der Waals surface area contributed by atoms with Crippen LogP contribution in [0.1, 0.15) is 49.8 Å². The van der Waals surface area contributed by atoms with Crippen LogP contribution in [-0.2, 0) is 0 Å². The molecule has 1 aromatic heterocycles. The zero-order valence-electron chi connectivity index (χ0n) is 9.89. The Morgan fingerprint density at radius 1 is 1.50 bits per heavy atom. The quantitative estimate of drug-likeness (QED) is 0.687. The number of anilines is 1. The van der Waals surface area contributed by atoms with E-state index in [1.165, 1.54) is 0 Å². The van der Waals surface area contributed by atoms with Crippen LogP contribution in [0.15, 0.2) is 0 Å². The van der Waals surface area contributed by atoms with Gasteiger partial charge in [-0.2, -0.15) is 4.98 Å². The number of nitrogens with zero attached hydrogens (tertiary/aromatic N) is 4. The van der Waals surface area contributed by atoms with E-state index in [0.29, 0.717) is 17.8 Å². The minimum atomic E-state index is 0.404. The molecule has 88 valence electrons. The van der Waals surface area contributed by atoms with Crippen molar-refractivity contribution in [1.82, 2.24) is 14.8 Å². The Hall–Kier alpha value is -1.39. The number of carbonyl (C=O) groups is 1. The van der Waals surface area contributed by atoms with Crippen molar-refractivity contribution in [2.24, 2.45) is 0 Å². The van der Waals surface area contributed by atoms with E-state index < -0.39 is 0 Å². The fraction of sp³-hybridized carbons (Fsp3) is 0.727. The number of aromatic nitrogens is 3. The summed E-state index contributed by atoms with van der Waals surface area (Å²) in [4.78, 5) is 17.3. The highest BCUT2D eigenvalue weighted by atomic mass is 16.1. The SMILES string of the molecule is CCCN(CC)c1nc(C=O)n(C2CC2)n1. The highest BCUT2D eigenvalue weighted by molar-refractivity contribution is 5.70. The third-order valence-corrected chi connectivity index (χ3v) is 2.80. The minimum Gasteiger partial charge on any atom is -0.340 e. The molecule has 0 unspecified atom stereocenters. The number of hydrogen-bond acceptors (Lipinski definition) is 4. The second kappa shape index (κ2) is 4.63. The molecule has 0 aliphatic heterocycles. The zero-order chi connectivity index (χ0) is 11.5. The Labute approximate surface area is 95.5 Å². The lowest BCUT2D eigenvalue weighted by molar-refractivity contribution is 0.111. The molecular weight excluding hydrogens is 204 g/mol. The summed E-state index contributed by atoms with van der Waals surface area (Å²) in [5.74, 6) is 1.16. The maximum Gasteiger partial charge on any atom is 0.245 e. The number of hydrogen-bond donors (Lipinski definition) is 0. The summed E-state index contributed by atoms with van der Waals surface area (Å²) < 4.78 is 1.78. The molecule has 2 rings (SSSR count). The molecule has 0 bridgehead atoms. The third-order valence-electron chi connectivity index (χ3n) is 2.80. The van der Waals surface area contributed by atoms with Crippen LogP contribution in [0, 0.1) is 0 Å². The van der Waals surface area contributed by atoms with Crippen LogP contribution in [0.4, 0.5) is 5.95 Å². The first kappa shape index (κ1) is 11.1. The van der Waals surface area contributed by atoms with Crippen LogP contribution in [0.25, 0.3) is 0 Å². The van der Waals surface area contributed by atoms with Gasteiger partial charge in [-0.1, -0.05) is 6.92 Å². The molecule has 1 aliphatic rings. The van der Waals surface area contributed by atoms with Crippen LogP contribution in [0.3, 0.4) is 0 Å². The average molecular weight is 222 g/mol. The predicted molar refractivity (Wildman–Crippen MR) is 61.9 cm³/mol. The summed E-state index contributed by atoms with van der Waals surface area (Å²) in [7, 11) is 0. The summed E-state index contributed by atoms with van der Waals surface area (Å²) in [6, 6.07) is 0.404. The normalized spacial score (nSPS) is 15.1. The number of rotatable bonds is 6. The fourth-order valence-corrected chi connectivity index (χ4v) is 1.80. The summed E-state index contributed by atoms with van der Waals surface area (Å²) >= 11 is 0. The molecule has 1 aliphatic carbocycles. The summed E-state index contributed by atoms with van der Waals surface area (Å²) in [5, 5.41) is 4.43. The predicted octanol–water partition coefficient (Wildman–Crippen LogP) is 1.66. The lowest BCUT2D eigenvalue weighted by Gasteiger charge is -2.17. The summed E-state index contributed by atoms with van der Waals surface area (Å²) in [6.45, 7) is 6.01. The van der Waals surface area contributed by atoms with Gasteiger partial charge < -0.3 is 4.90 Å². The van der Waals surface area contributed by atoms with Crippen molar-refractivity contribution in [3.8, 4) is 0 Å². The highest BCUT2D eigenvalue weighted by Crippen LogP contribution is 2.35. The van der Waals surface area contributed by atoms with Gasteiger partial charge in [0.1, 0.15) is 0 Å².